The van der Waals surface area contributed by atoms with Gasteiger partial charge in [0.1, 0.15) is 12.6 Å². The molecule has 7 nitrogen and oxygen atoms in total. The first-order valence-electron chi connectivity index (χ1n) is 14.2. The van der Waals surface area contributed by atoms with Crippen molar-refractivity contribution in [1.82, 2.24) is 10.2 Å². The number of aryl methyl sites for hydroxylation is 1. The van der Waals surface area contributed by atoms with Gasteiger partial charge in [-0.1, -0.05) is 65.0 Å². The molecule has 0 unspecified atom stereocenters. The van der Waals surface area contributed by atoms with Crippen molar-refractivity contribution in [2.45, 2.75) is 74.4 Å². The maximum atomic E-state index is 14.1. The number of amides is 2. The molecule has 1 aliphatic rings. The Hall–Kier alpha value is -2.82. The first-order valence-corrected chi connectivity index (χ1v) is 17.6. The Balaban J connectivity index is 1.66. The number of halogens is 1. The zero-order chi connectivity index (χ0) is 30.3. The van der Waals surface area contributed by atoms with Crippen LogP contribution in [-0.2, 0) is 26.2 Å². The lowest BCUT2D eigenvalue weighted by atomic mass is 9.95. The maximum absolute atomic E-state index is 14.1. The van der Waals surface area contributed by atoms with Gasteiger partial charge in [0, 0.05) is 22.0 Å². The van der Waals surface area contributed by atoms with Gasteiger partial charge in [-0.15, -0.1) is 11.8 Å². The van der Waals surface area contributed by atoms with Crippen molar-refractivity contribution in [3.05, 3.63) is 88.4 Å². The van der Waals surface area contributed by atoms with Crippen LogP contribution < -0.4 is 9.62 Å². The van der Waals surface area contributed by atoms with E-state index in [-0.39, 0.29) is 23.4 Å². The standard InChI is InChI=1S/C32H38BrN3O4S2/c1-23-9-15-28(16-10-23)36(42(39,40)30-19-17-29(41-3)18-20-30)22-31(37)35(21-25-11-13-26(33)14-12-25)24(2)32(38)34-27-7-5-4-6-8-27/h9-20,24,27H,4-8,21-22H2,1-3H3,(H,34,38)/t24-/m1/s1. The minimum atomic E-state index is -4.10. The minimum Gasteiger partial charge on any atom is -0.352 e. The highest BCUT2D eigenvalue weighted by Gasteiger charge is 2.33. The molecule has 42 heavy (non-hydrogen) atoms. The quantitative estimate of drug-likeness (QED) is 0.234. The lowest BCUT2D eigenvalue weighted by molar-refractivity contribution is -0.139. The molecule has 4 rings (SSSR count). The molecule has 1 atom stereocenters. The molecule has 0 aliphatic heterocycles. The molecule has 10 heteroatoms. The molecule has 0 radical (unpaired) electrons. The third kappa shape index (κ3) is 8.17. The van der Waals surface area contributed by atoms with Crippen LogP contribution in [0.5, 0.6) is 0 Å². The number of benzene rings is 3. The van der Waals surface area contributed by atoms with Gasteiger partial charge >= 0.3 is 0 Å². The Morgan fingerprint density at radius 3 is 2.17 bits per heavy atom. The summed E-state index contributed by atoms with van der Waals surface area (Å²) < 4.78 is 30.0. The van der Waals surface area contributed by atoms with E-state index in [1.54, 1.807) is 43.3 Å². The van der Waals surface area contributed by atoms with Gasteiger partial charge in [0.05, 0.1) is 10.6 Å². The van der Waals surface area contributed by atoms with Crippen LogP contribution in [0.15, 0.2) is 87.1 Å². The Bertz CT molecular complexity index is 1460. The summed E-state index contributed by atoms with van der Waals surface area (Å²) >= 11 is 4.96. The van der Waals surface area contributed by atoms with Crippen LogP contribution in [0.1, 0.15) is 50.2 Å². The van der Waals surface area contributed by atoms with E-state index in [9.17, 15) is 18.0 Å². The van der Waals surface area contributed by atoms with E-state index in [1.807, 2.05) is 49.6 Å². The predicted molar refractivity (Wildman–Crippen MR) is 173 cm³/mol. The highest BCUT2D eigenvalue weighted by Crippen LogP contribution is 2.27. The molecule has 0 spiro atoms. The highest BCUT2D eigenvalue weighted by atomic mass is 79.9. The second-order valence-electron chi connectivity index (χ2n) is 10.7. The van der Waals surface area contributed by atoms with Gasteiger partial charge in [-0.25, -0.2) is 8.42 Å². The molecule has 1 saturated carbocycles. The molecule has 1 aliphatic carbocycles. The number of sulfonamides is 1. The molecule has 224 valence electrons. The van der Waals surface area contributed by atoms with E-state index < -0.39 is 28.5 Å². The van der Waals surface area contributed by atoms with Crippen LogP contribution in [-0.4, -0.2) is 50.0 Å². The number of nitrogens with zero attached hydrogens (tertiary/aromatic N) is 2. The van der Waals surface area contributed by atoms with E-state index >= 15 is 0 Å². The number of thioether (sulfide) groups is 1. The Kier molecular flexibility index (Phi) is 11.1. The number of hydrogen-bond donors (Lipinski definition) is 1. The van der Waals surface area contributed by atoms with Gasteiger partial charge in [0.2, 0.25) is 11.8 Å². The lowest BCUT2D eigenvalue weighted by Gasteiger charge is -2.33. The van der Waals surface area contributed by atoms with E-state index in [4.69, 9.17) is 0 Å². The van der Waals surface area contributed by atoms with Crippen molar-refractivity contribution < 1.29 is 18.0 Å². The van der Waals surface area contributed by atoms with Crippen molar-refractivity contribution in [1.29, 1.82) is 0 Å². The van der Waals surface area contributed by atoms with Gasteiger partial charge in [-0.2, -0.15) is 0 Å². The van der Waals surface area contributed by atoms with Crippen molar-refractivity contribution in [3.8, 4) is 0 Å². The molecule has 3 aromatic carbocycles. The van der Waals surface area contributed by atoms with Gasteiger partial charge in [-0.05, 0) is 87.0 Å². The van der Waals surface area contributed by atoms with E-state index in [2.05, 4.69) is 21.2 Å². The molecule has 3 aromatic rings. The van der Waals surface area contributed by atoms with E-state index in [0.29, 0.717) is 5.69 Å². The van der Waals surface area contributed by atoms with Crippen LogP contribution in [0.3, 0.4) is 0 Å². The Morgan fingerprint density at radius 2 is 1.57 bits per heavy atom. The molecule has 0 aromatic heterocycles. The Morgan fingerprint density at radius 1 is 0.952 bits per heavy atom. The summed E-state index contributed by atoms with van der Waals surface area (Å²) in [6.45, 7) is 3.34. The zero-order valence-electron chi connectivity index (χ0n) is 24.3. The fraction of sp³-hybridized carbons (Fsp3) is 0.375. The van der Waals surface area contributed by atoms with Gasteiger partial charge < -0.3 is 10.2 Å². The smallest absolute Gasteiger partial charge is 0.264 e. The van der Waals surface area contributed by atoms with Crippen molar-refractivity contribution in [3.63, 3.8) is 0 Å². The van der Waals surface area contributed by atoms with Crippen LogP contribution in [0, 0.1) is 6.92 Å². The van der Waals surface area contributed by atoms with Crippen LogP contribution in [0.25, 0.3) is 0 Å². The predicted octanol–water partition coefficient (Wildman–Crippen LogP) is 6.54. The molecule has 0 saturated heterocycles. The number of anilines is 1. The van der Waals surface area contributed by atoms with Crippen LogP contribution in [0.4, 0.5) is 5.69 Å². The SMILES string of the molecule is CSc1ccc(S(=O)(=O)N(CC(=O)N(Cc2ccc(Br)cc2)[C@H](C)C(=O)NC2CCCCC2)c2ccc(C)cc2)cc1. The summed E-state index contributed by atoms with van der Waals surface area (Å²) in [6.07, 6.45) is 7.08. The molecule has 0 bridgehead atoms. The summed E-state index contributed by atoms with van der Waals surface area (Å²) in [5, 5.41) is 3.13. The summed E-state index contributed by atoms with van der Waals surface area (Å²) in [5.41, 5.74) is 2.18. The summed E-state index contributed by atoms with van der Waals surface area (Å²) in [5.74, 6) is -0.696. The highest BCUT2D eigenvalue weighted by molar-refractivity contribution is 9.10. The summed E-state index contributed by atoms with van der Waals surface area (Å²) in [4.78, 5) is 30.0. The molecular weight excluding hydrogens is 634 g/mol. The average Bonchev–Trinajstić information content (AvgIpc) is 3.00. The second kappa shape index (κ2) is 14.6. The van der Waals surface area contributed by atoms with Gasteiger partial charge in [0.25, 0.3) is 10.0 Å². The number of carbonyl (C=O) groups is 2. The van der Waals surface area contributed by atoms with Crippen LogP contribution in [0.2, 0.25) is 0 Å². The fourth-order valence-corrected chi connectivity index (χ4v) is 7.14. The first-order chi connectivity index (χ1) is 20.1. The minimum absolute atomic E-state index is 0.0898. The largest absolute Gasteiger partial charge is 0.352 e. The number of nitrogens with one attached hydrogen (secondary N) is 1. The Labute approximate surface area is 262 Å². The molecule has 2 amide bonds. The third-order valence-electron chi connectivity index (χ3n) is 7.63. The summed E-state index contributed by atoms with van der Waals surface area (Å²) in [7, 11) is -4.10. The number of hydrogen-bond acceptors (Lipinski definition) is 5. The van der Waals surface area contributed by atoms with E-state index in [1.165, 1.54) is 23.1 Å². The van der Waals surface area contributed by atoms with E-state index in [0.717, 1.165) is 50.5 Å². The molecule has 1 N–H and O–H groups in total. The zero-order valence-corrected chi connectivity index (χ0v) is 27.5. The van der Waals surface area contributed by atoms with Gasteiger partial charge in [-0.3, -0.25) is 13.9 Å². The molecule has 0 heterocycles. The lowest BCUT2D eigenvalue weighted by Crippen LogP contribution is -2.53. The van der Waals surface area contributed by atoms with Gasteiger partial charge in [0.15, 0.2) is 0 Å². The number of rotatable bonds is 11. The van der Waals surface area contributed by atoms with Crippen molar-refractivity contribution in [2.24, 2.45) is 0 Å². The van der Waals surface area contributed by atoms with Crippen LogP contribution >= 0.6 is 27.7 Å². The molecular formula is C32H38BrN3O4S2. The summed E-state index contributed by atoms with van der Waals surface area (Å²) in [6, 6.07) is 20.5. The maximum Gasteiger partial charge on any atom is 0.264 e. The van der Waals surface area contributed by atoms with Crippen molar-refractivity contribution in [2.75, 3.05) is 17.1 Å². The monoisotopic (exact) mass is 671 g/mol. The fourth-order valence-electron chi connectivity index (χ4n) is 5.05. The second-order valence-corrected chi connectivity index (χ2v) is 14.3. The topological polar surface area (TPSA) is 86.8 Å². The first kappa shape index (κ1) is 32.1. The number of carbonyl (C=O) groups excluding carboxylic acids is 2. The van der Waals surface area contributed by atoms with Crippen molar-refractivity contribution >= 4 is 55.2 Å². The normalized spacial score (nSPS) is 14.7. The third-order valence-corrected chi connectivity index (χ3v) is 10.7. The molecule has 1 fully saturated rings. The average molecular weight is 673 g/mol.